The summed E-state index contributed by atoms with van der Waals surface area (Å²) in [5, 5.41) is 12.5. The number of carbonyl (C=O) groups is 1. The molecule has 1 aliphatic heterocycles. The maximum absolute atomic E-state index is 14.8. The minimum absolute atomic E-state index is 0.175. The number of nitrogens with zero attached hydrogens (tertiary/aromatic N) is 2. The monoisotopic (exact) mass is 518 g/mol. The van der Waals surface area contributed by atoms with E-state index >= 15 is 0 Å². The smallest absolute Gasteiger partial charge is 0.305 e. The third-order valence-electron chi connectivity index (χ3n) is 7.91. The van der Waals surface area contributed by atoms with E-state index < -0.39 is 11.9 Å². The number of aliphatic hydroxyl groups is 1. The highest BCUT2D eigenvalue weighted by Crippen LogP contribution is 2.36. The van der Waals surface area contributed by atoms with E-state index in [1.54, 1.807) is 25.3 Å². The Kier molecular flexibility index (Phi) is 9.85. The lowest BCUT2D eigenvalue weighted by Crippen LogP contribution is -2.42. The quantitative estimate of drug-likeness (QED) is 0.401. The number of aliphatic hydroxyl groups excluding tert-OH is 1. The Balaban J connectivity index is 1.38. The summed E-state index contributed by atoms with van der Waals surface area (Å²) in [5.74, 6) is 1.49. The molecule has 1 aliphatic carbocycles. The Bertz CT molecular complexity index is 1020. The lowest BCUT2D eigenvalue weighted by Gasteiger charge is -2.38. The Hall–Kier alpha value is -1.90. The molecule has 198 valence electrons. The van der Waals surface area contributed by atoms with Crippen molar-refractivity contribution in [2.45, 2.75) is 62.7 Å². The van der Waals surface area contributed by atoms with Gasteiger partial charge in [0.1, 0.15) is 11.6 Å². The van der Waals surface area contributed by atoms with Crippen molar-refractivity contribution in [2.75, 3.05) is 39.6 Å². The minimum Gasteiger partial charge on any atom is -0.497 e. The van der Waals surface area contributed by atoms with Crippen LogP contribution in [0.3, 0.4) is 0 Å². The van der Waals surface area contributed by atoms with Crippen molar-refractivity contribution < 1.29 is 23.8 Å². The molecule has 2 aromatic rings. The van der Waals surface area contributed by atoms with Gasteiger partial charge in [-0.25, -0.2) is 4.39 Å². The maximum Gasteiger partial charge on any atom is 0.305 e. The first-order valence-corrected chi connectivity index (χ1v) is 14.2. The van der Waals surface area contributed by atoms with Crippen molar-refractivity contribution in [3.8, 4) is 5.75 Å². The molecule has 0 amide bonds. The topological polar surface area (TPSA) is 71.9 Å². The molecule has 0 bridgehead atoms. The zero-order valence-corrected chi connectivity index (χ0v) is 22.3. The number of likely N-dealkylation sites (tertiary alicyclic amines) is 1. The number of pyridine rings is 1. The number of esters is 1. The summed E-state index contributed by atoms with van der Waals surface area (Å²) in [6.07, 6.45) is 8.14. The van der Waals surface area contributed by atoms with Crippen molar-refractivity contribution in [3.05, 3.63) is 35.8 Å². The number of hydrogen-bond acceptors (Lipinski definition) is 7. The predicted octanol–water partition coefficient (Wildman–Crippen LogP) is 5.37. The van der Waals surface area contributed by atoms with Crippen molar-refractivity contribution >= 4 is 28.6 Å². The van der Waals surface area contributed by atoms with Gasteiger partial charge >= 0.3 is 5.97 Å². The average molecular weight is 519 g/mol. The van der Waals surface area contributed by atoms with Gasteiger partial charge in [-0.2, -0.15) is 11.8 Å². The molecule has 1 unspecified atom stereocenters. The fourth-order valence-electron chi connectivity index (χ4n) is 5.82. The molecule has 8 heteroatoms. The van der Waals surface area contributed by atoms with Crippen LogP contribution >= 0.6 is 11.8 Å². The molecule has 1 N–H and O–H groups in total. The van der Waals surface area contributed by atoms with Crippen LogP contribution in [0.4, 0.5) is 4.39 Å². The molecule has 3 atom stereocenters. The van der Waals surface area contributed by atoms with Crippen LogP contribution in [0, 0.1) is 17.7 Å². The number of rotatable bonds is 11. The van der Waals surface area contributed by atoms with E-state index in [0.717, 1.165) is 43.5 Å². The normalized spacial score (nSPS) is 22.1. The van der Waals surface area contributed by atoms with Gasteiger partial charge in [-0.3, -0.25) is 9.78 Å². The van der Waals surface area contributed by atoms with E-state index in [1.807, 2.05) is 0 Å². The van der Waals surface area contributed by atoms with Crippen LogP contribution < -0.4 is 4.74 Å². The molecule has 0 spiro atoms. The highest BCUT2D eigenvalue weighted by Gasteiger charge is 2.32. The first kappa shape index (κ1) is 27.1. The Morgan fingerprint density at radius 2 is 2.06 bits per heavy atom. The van der Waals surface area contributed by atoms with E-state index in [0.29, 0.717) is 29.5 Å². The van der Waals surface area contributed by atoms with Gasteiger partial charge in [0.2, 0.25) is 0 Å². The van der Waals surface area contributed by atoms with Crippen molar-refractivity contribution in [2.24, 2.45) is 11.8 Å². The van der Waals surface area contributed by atoms with E-state index in [-0.39, 0.29) is 23.4 Å². The maximum atomic E-state index is 14.8. The predicted molar refractivity (Wildman–Crippen MR) is 142 cm³/mol. The van der Waals surface area contributed by atoms with Gasteiger partial charge in [-0.05, 0) is 68.7 Å². The van der Waals surface area contributed by atoms with Crippen LogP contribution in [0.2, 0.25) is 0 Å². The highest BCUT2D eigenvalue weighted by atomic mass is 32.2. The number of halogens is 1. The van der Waals surface area contributed by atoms with Crippen LogP contribution in [0.1, 0.15) is 63.0 Å². The Labute approximate surface area is 217 Å². The van der Waals surface area contributed by atoms with Gasteiger partial charge in [0, 0.05) is 41.5 Å². The number of thioether (sulfide) groups is 1. The third-order valence-corrected chi connectivity index (χ3v) is 9.27. The van der Waals surface area contributed by atoms with Crippen molar-refractivity contribution in [1.82, 2.24) is 9.88 Å². The van der Waals surface area contributed by atoms with Gasteiger partial charge in [0.05, 0.1) is 32.0 Å². The summed E-state index contributed by atoms with van der Waals surface area (Å²) in [4.78, 5) is 18.8. The molecule has 4 rings (SSSR count). The van der Waals surface area contributed by atoms with Crippen LogP contribution in [0.5, 0.6) is 5.75 Å². The molecule has 6 nitrogen and oxygen atoms in total. The van der Waals surface area contributed by atoms with E-state index in [9.17, 15) is 14.3 Å². The van der Waals surface area contributed by atoms with Gasteiger partial charge in [-0.15, -0.1) is 0 Å². The zero-order valence-electron chi connectivity index (χ0n) is 21.5. The number of piperidine rings is 1. The van der Waals surface area contributed by atoms with E-state index in [1.165, 1.54) is 39.0 Å². The molecule has 2 heterocycles. The molecule has 36 heavy (non-hydrogen) atoms. The molecule has 1 aromatic heterocycles. The summed E-state index contributed by atoms with van der Waals surface area (Å²) in [6, 6.07) is 5.28. The van der Waals surface area contributed by atoms with Crippen LogP contribution in [-0.2, 0) is 9.53 Å². The standard InChI is InChI=1S/C28H39FN2O4S/c1-34-21-8-9-25-23(16-21)28(24(29)17-30-25)26(32)10-7-19-11-12-31(18-20(19)15-27(33)35-2)13-14-36-22-5-3-4-6-22/h8-9,16-17,19-20,22,26,32H,3-7,10-15,18H2,1-2H3/t19?,20-,26-/m1/s1. The molecule has 2 fully saturated rings. The van der Waals surface area contributed by atoms with Crippen molar-refractivity contribution in [1.29, 1.82) is 0 Å². The van der Waals surface area contributed by atoms with Gasteiger partial charge in [0.25, 0.3) is 0 Å². The first-order valence-electron chi connectivity index (χ1n) is 13.2. The number of benzene rings is 1. The molecular weight excluding hydrogens is 479 g/mol. The van der Waals surface area contributed by atoms with Gasteiger partial charge in [0.15, 0.2) is 0 Å². The molecule has 1 saturated heterocycles. The molecule has 1 saturated carbocycles. The van der Waals surface area contributed by atoms with Crippen LogP contribution in [0.15, 0.2) is 24.4 Å². The average Bonchev–Trinajstić information content (AvgIpc) is 3.41. The molecule has 2 aliphatic rings. The first-order chi connectivity index (χ1) is 17.5. The summed E-state index contributed by atoms with van der Waals surface area (Å²) in [7, 11) is 3.00. The lowest BCUT2D eigenvalue weighted by atomic mass is 9.79. The number of aromatic nitrogens is 1. The van der Waals surface area contributed by atoms with Gasteiger partial charge in [-0.1, -0.05) is 12.8 Å². The molecule has 1 aromatic carbocycles. The fraction of sp³-hybridized carbons (Fsp3) is 0.643. The number of ether oxygens (including phenoxy) is 2. The van der Waals surface area contributed by atoms with Gasteiger partial charge < -0.3 is 19.5 Å². The third kappa shape index (κ3) is 6.90. The second kappa shape index (κ2) is 13.1. The largest absolute Gasteiger partial charge is 0.497 e. The second-order valence-corrected chi connectivity index (χ2v) is 11.6. The highest BCUT2D eigenvalue weighted by molar-refractivity contribution is 7.99. The second-order valence-electron chi connectivity index (χ2n) is 10.2. The summed E-state index contributed by atoms with van der Waals surface area (Å²) in [6.45, 7) is 2.91. The minimum atomic E-state index is -0.956. The lowest BCUT2D eigenvalue weighted by molar-refractivity contribution is -0.142. The number of fused-ring (bicyclic) bond motifs is 1. The van der Waals surface area contributed by atoms with Crippen LogP contribution in [0.25, 0.3) is 10.9 Å². The van der Waals surface area contributed by atoms with E-state index in [2.05, 4.69) is 21.6 Å². The number of hydrogen-bond donors (Lipinski definition) is 1. The number of carbonyl (C=O) groups excluding carboxylic acids is 1. The molecular formula is C28H39FN2O4S. The van der Waals surface area contributed by atoms with Crippen molar-refractivity contribution in [3.63, 3.8) is 0 Å². The summed E-state index contributed by atoms with van der Waals surface area (Å²) in [5.41, 5.74) is 0.892. The molecule has 0 radical (unpaired) electrons. The summed E-state index contributed by atoms with van der Waals surface area (Å²) >= 11 is 2.10. The fourth-order valence-corrected chi connectivity index (χ4v) is 7.18. The Morgan fingerprint density at radius 1 is 1.25 bits per heavy atom. The Morgan fingerprint density at radius 3 is 2.81 bits per heavy atom. The number of methoxy groups -OCH3 is 2. The SMILES string of the molecule is COC(=O)C[C@@H]1CN(CCSC2CCCC2)CCC1CC[C@@H](O)c1c(F)cnc2ccc(OC)cc12. The zero-order chi connectivity index (χ0) is 25.5. The van der Waals surface area contributed by atoms with E-state index in [4.69, 9.17) is 9.47 Å². The van der Waals surface area contributed by atoms with Crippen LogP contribution in [-0.4, -0.2) is 65.8 Å². The summed E-state index contributed by atoms with van der Waals surface area (Å²) < 4.78 is 25.1.